The summed E-state index contributed by atoms with van der Waals surface area (Å²) in [6, 6.07) is 14.9. The molecule has 0 bridgehead atoms. The quantitative estimate of drug-likeness (QED) is 0.531. The monoisotopic (exact) mass is 494 g/mol. The zero-order chi connectivity index (χ0) is 21.9. The van der Waals surface area contributed by atoms with Gasteiger partial charge >= 0.3 is 0 Å². The van der Waals surface area contributed by atoms with Crippen LogP contribution in [0.1, 0.15) is 5.56 Å². The van der Waals surface area contributed by atoms with Gasteiger partial charge in [-0.05, 0) is 61.5 Å². The molecule has 0 unspecified atom stereocenters. The van der Waals surface area contributed by atoms with Crippen molar-refractivity contribution in [2.45, 2.75) is 11.8 Å². The van der Waals surface area contributed by atoms with Crippen molar-refractivity contribution < 1.29 is 22.0 Å². The summed E-state index contributed by atoms with van der Waals surface area (Å²) in [7, 11) is -4.14. The zero-order valence-electron chi connectivity index (χ0n) is 15.8. The molecule has 5 nitrogen and oxygen atoms in total. The minimum atomic E-state index is -4.14. The molecular weight excluding hydrogens is 478 g/mol. The van der Waals surface area contributed by atoms with E-state index in [0.29, 0.717) is 4.47 Å². The first kappa shape index (κ1) is 21.9. The van der Waals surface area contributed by atoms with Crippen molar-refractivity contribution >= 4 is 43.2 Å². The molecule has 0 radical (unpaired) electrons. The number of nitrogens with one attached hydrogen (secondary N) is 1. The van der Waals surface area contributed by atoms with Crippen molar-refractivity contribution in [3.8, 4) is 0 Å². The Bertz CT molecular complexity index is 1170. The van der Waals surface area contributed by atoms with E-state index in [0.717, 1.165) is 22.0 Å². The summed E-state index contributed by atoms with van der Waals surface area (Å²) in [5, 5.41) is 2.37. The van der Waals surface area contributed by atoms with E-state index in [4.69, 9.17) is 0 Å². The number of hydrogen-bond donors (Lipinski definition) is 1. The Balaban J connectivity index is 1.94. The van der Waals surface area contributed by atoms with Crippen LogP contribution in [0.2, 0.25) is 0 Å². The lowest BCUT2D eigenvalue weighted by atomic mass is 10.2. The first-order chi connectivity index (χ1) is 14.2. The number of sulfonamides is 1. The van der Waals surface area contributed by atoms with E-state index >= 15 is 0 Å². The molecule has 0 saturated carbocycles. The van der Waals surface area contributed by atoms with Gasteiger partial charge in [0.05, 0.1) is 16.3 Å². The topological polar surface area (TPSA) is 66.5 Å². The first-order valence-corrected chi connectivity index (χ1v) is 11.0. The lowest BCUT2D eigenvalue weighted by molar-refractivity contribution is -0.114. The van der Waals surface area contributed by atoms with Gasteiger partial charge in [-0.2, -0.15) is 0 Å². The minimum absolute atomic E-state index is 0.0277. The summed E-state index contributed by atoms with van der Waals surface area (Å²) >= 11 is 3.13. The molecule has 3 aromatic carbocycles. The maximum absolute atomic E-state index is 14.0. The summed E-state index contributed by atoms with van der Waals surface area (Å²) < 4.78 is 55.1. The van der Waals surface area contributed by atoms with E-state index in [1.807, 2.05) is 6.92 Å². The largest absolute Gasteiger partial charge is 0.322 e. The Morgan fingerprint density at radius 2 is 1.63 bits per heavy atom. The molecule has 30 heavy (non-hydrogen) atoms. The van der Waals surface area contributed by atoms with E-state index in [1.54, 1.807) is 18.2 Å². The molecule has 0 spiro atoms. The average Bonchev–Trinajstić information content (AvgIpc) is 2.69. The molecule has 0 aliphatic rings. The van der Waals surface area contributed by atoms with Crippen LogP contribution in [0.4, 0.5) is 20.2 Å². The van der Waals surface area contributed by atoms with E-state index in [2.05, 4.69) is 21.2 Å². The van der Waals surface area contributed by atoms with Gasteiger partial charge in [0.25, 0.3) is 10.0 Å². The Kier molecular flexibility index (Phi) is 6.52. The van der Waals surface area contributed by atoms with Crippen LogP contribution in [0.5, 0.6) is 0 Å². The Morgan fingerprint density at radius 1 is 1.00 bits per heavy atom. The van der Waals surface area contributed by atoms with Crippen LogP contribution in [-0.2, 0) is 14.8 Å². The van der Waals surface area contributed by atoms with Crippen LogP contribution in [-0.4, -0.2) is 20.9 Å². The van der Waals surface area contributed by atoms with E-state index in [-0.39, 0.29) is 16.3 Å². The molecule has 0 saturated heterocycles. The van der Waals surface area contributed by atoms with Crippen LogP contribution >= 0.6 is 15.9 Å². The minimum Gasteiger partial charge on any atom is -0.322 e. The normalized spacial score (nSPS) is 11.2. The molecule has 3 aromatic rings. The van der Waals surface area contributed by atoms with Gasteiger partial charge < -0.3 is 5.32 Å². The highest BCUT2D eigenvalue weighted by molar-refractivity contribution is 9.10. The smallest absolute Gasteiger partial charge is 0.264 e. The Morgan fingerprint density at radius 3 is 2.23 bits per heavy atom. The van der Waals surface area contributed by atoms with Crippen molar-refractivity contribution in [3.05, 3.63) is 88.4 Å². The number of amides is 1. The zero-order valence-corrected chi connectivity index (χ0v) is 18.2. The molecule has 3 rings (SSSR count). The maximum atomic E-state index is 14.0. The molecule has 1 amide bonds. The Labute approximate surface area is 181 Å². The van der Waals surface area contributed by atoms with Gasteiger partial charge in [-0.3, -0.25) is 9.10 Å². The van der Waals surface area contributed by atoms with Crippen LogP contribution in [0.25, 0.3) is 0 Å². The third kappa shape index (κ3) is 5.03. The van der Waals surface area contributed by atoms with Gasteiger partial charge in [-0.25, -0.2) is 17.2 Å². The number of nitrogens with zero attached hydrogens (tertiary/aromatic N) is 1. The summed E-state index contributed by atoms with van der Waals surface area (Å²) in [4.78, 5) is 12.5. The lowest BCUT2D eigenvalue weighted by Crippen LogP contribution is -2.38. The Hall–Kier alpha value is -2.78. The van der Waals surface area contributed by atoms with E-state index in [9.17, 15) is 22.0 Å². The van der Waals surface area contributed by atoms with Gasteiger partial charge in [-0.15, -0.1) is 0 Å². The molecule has 0 aliphatic heterocycles. The maximum Gasteiger partial charge on any atom is 0.264 e. The predicted octanol–water partition coefficient (Wildman–Crippen LogP) is 4.87. The van der Waals surface area contributed by atoms with E-state index in [1.165, 1.54) is 36.4 Å². The number of aryl methyl sites for hydroxylation is 1. The molecule has 1 N–H and O–H groups in total. The molecule has 0 heterocycles. The molecule has 0 aliphatic carbocycles. The number of hydrogen-bond acceptors (Lipinski definition) is 3. The number of carbonyl (C=O) groups is 1. The number of anilines is 2. The first-order valence-electron chi connectivity index (χ1n) is 8.77. The molecule has 156 valence electrons. The van der Waals surface area contributed by atoms with Crippen molar-refractivity contribution in [1.29, 1.82) is 0 Å². The van der Waals surface area contributed by atoms with Crippen molar-refractivity contribution in [1.82, 2.24) is 0 Å². The van der Waals surface area contributed by atoms with Gasteiger partial charge in [0.15, 0.2) is 0 Å². The van der Waals surface area contributed by atoms with Gasteiger partial charge in [0.2, 0.25) is 5.91 Å². The number of benzene rings is 3. The summed E-state index contributed by atoms with van der Waals surface area (Å²) in [6.07, 6.45) is 0. The van der Waals surface area contributed by atoms with Crippen molar-refractivity contribution in [3.63, 3.8) is 0 Å². The molecule has 0 aromatic heterocycles. The molecule has 9 heteroatoms. The standard InChI is InChI=1S/C21H17BrF2N2O3S/c1-14-2-9-18(10-3-14)30(28,29)26(17-7-5-16(23)6-8-17)13-21(27)25-20-11-4-15(22)12-19(20)24/h2-12H,13H2,1H3,(H,25,27). The van der Waals surface area contributed by atoms with Crippen LogP contribution in [0.15, 0.2) is 76.1 Å². The second-order valence-electron chi connectivity index (χ2n) is 6.47. The number of halogens is 3. The third-order valence-corrected chi connectivity index (χ3v) is 6.50. The molecule has 0 fully saturated rings. The highest BCUT2D eigenvalue weighted by Crippen LogP contribution is 2.25. The fraction of sp³-hybridized carbons (Fsp3) is 0.0952. The highest BCUT2D eigenvalue weighted by Gasteiger charge is 2.27. The number of carbonyl (C=O) groups excluding carboxylic acids is 1. The van der Waals surface area contributed by atoms with Crippen LogP contribution in [0.3, 0.4) is 0 Å². The van der Waals surface area contributed by atoms with Gasteiger partial charge in [0, 0.05) is 4.47 Å². The predicted molar refractivity (Wildman–Crippen MR) is 115 cm³/mol. The second kappa shape index (κ2) is 8.93. The highest BCUT2D eigenvalue weighted by atomic mass is 79.9. The second-order valence-corrected chi connectivity index (χ2v) is 9.25. The van der Waals surface area contributed by atoms with Crippen molar-refractivity contribution in [2.75, 3.05) is 16.2 Å². The van der Waals surface area contributed by atoms with Crippen LogP contribution in [0, 0.1) is 18.6 Å². The summed E-state index contributed by atoms with van der Waals surface area (Å²) in [5.41, 5.74) is 0.879. The fourth-order valence-corrected chi connectivity index (χ4v) is 4.43. The number of rotatable bonds is 6. The molecule has 0 atom stereocenters. The summed E-state index contributed by atoms with van der Waals surface area (Å²) in [6.45, 7) is 1.19. The van der Waals surface area contributed by atoms with Gasteiger partial charge in [0.1, 0.15) is 18.2 Å². The van der Waals surface area contributed by atoms with Gasteiger partial charge in [-0.1, -0.05) is 33.6 Å². The molecular formula is C21H17BrF2N2O3S. The van der Waals surface area contributed by atoms with Crippen molar-refractivity contribution in [2.24, 2.45) is 0 Å². The third-order valence-electron chi connectivity index (χ3n) is 4.22. The average molecular weight is 495 g/mol. The van der Waals surface area contributed by atoms with Crippen LogP contribution < -0.4 is 9.62 Å². The van der Waals surface area contributed by atoms with E-state index < -0.39 is 34.1 Å². The SMILES string of the molecule is Cc1ccc(S(=O)(=O)N(CC(=O)Nc2ccc(Br)cc2F)c2ccc(F)cc2)cc1. The lowest BCUT2D eigenvalue weighted by Gasteiger charge is -2.24. The summed E-state index contributed by atoms with van der Waals surface area (Å²) in [5.74, 6) is -1.98. The fourth-order valence-electron chi connectivity index (χ4n) is 2.67.